The molecular weight excluding hydrogens is 310 g/mol. The van der Waals surface area contributed by atoms with Gasteiger partial charge in [0.05, 0.1) is 0 Å². The van der Waals surface area contributed by atoms with Crippen LogP contribution in [0.4, 0.5) is 0 Å². The molecule has 0 bridgehead atoms. The summed E-state index contributed by atoms with van der Waals surface area (Å²) in [6.07, 6.45) is 0. The van der Waals surface area contributed by atoms with Crippen LogP contribution in [0, 0.1) is 0 Å². The first-order valence-corrected chi connectivity index (χ1v) is 9.63. The molecule has 1 aromatic carbocycles. The van der Waals surface area contributed by atoms with Crippen molar-refractivity contribution in [1.29, 1.82) is 0 Å². The van der Waals surface area contributed by atoms with Crippen LogP contribution in [0.3, 0.4) is 0 Å². The van der Waals surface area contributed by atoms with Crippen molar-refractivity contribution in [3.63, 3.8) is 0 Å². The summed E-state index contributed by atoms with van der Waals surface area (Å²) in [5.41, 5.74) is 1.98. The van der Waals surface area contributed by atoms with Crippen LogP contribution in [-0.4, -0.2) is 53.5 Å². The summed E-state index contributed by atoms with van der Waals surface area (Å²) in [5, 5.41) is 3.04. The Hall–Kier alpha value is -1.39. The van der Waals surface area contributed by atoms with E-state index in [4.69, 9.17) is 0 Å². The molecule has 0 atom stereocenters. The Balaban J connectivity index is 2.54. The fourth-order valence-electron chi connectivity index (χ4n) is 3.17. The molecule has 1 rings (SSSR count). The van der Waals surface area contributed by atoms with Gasteiger partial charge in [-0.25, -0.2) is 0 Å². The molecule has 0 fully saturated rings. The highest BCUT2D eigenvalue weighted by Gasteiger charge is 2.14. The van der Waals surface area contributed by atoms with E-state index in [0.717, 1.165) is 25.2 Å². The third kappa shape index (κ3) is 7.17. The Bertz CT molecular complexity index is 500. The van der Waals surface area contributed by atoms with E-state index in [-0.39, 0.29) is 5.91 Å². The van der Waals surface area contributed by atoms with Crippen molar-refractivity contribution in [2.24, 2.45) is 0 Å². The molecule has 0 aromatic heterocycles. The van der Waals surface area contributed by atoms with Gasteiger partial charge in [-0.2, -0.15) is 0 Å². The van der Waals surface area contributed by atoms with E-state index in [9.17, 15) is 4.79 Å². The molecule has 1 amide bonds. The molecule has 0 aliphatic carbocycles. The van der Waals surface area contributed by atoms with Gasteiger partial charge in [-0.3, -0.25) is 14.6 Å². The number of nitrogens with zero attached hydrogens (tertiary/aromatic N) is 2. The molecule has 4 heteroatoms. The number of carbonyl (C=O) groups excluding carboxylic acids is 1. The Morgan fingerprint density at radius 3 is 1.96 bits per heavy atom. The van der Waals surface area contributed by atoms with Gasteiger partial charge >= 0.3 is 0 Å². The van der Waals surface area contributed by atoms with Gasteiger partial charge < -0.3 is 5.32 Å². The second kappa shape index (κ2) is 10.6. The zero-order valence-electron chi connectivity index (χ0n) is 17.2. The van der Waals surface area contributed by atoms with Crippen molar-refractivity contribution in [2.45, 2.75) is 73.1 Å². The monoisotopic (exact) mass is 347 g/mol. The van der Waals surface area contributed by atoms with Gasteiger partial charge in [0.2, 0.25) is 0 Å². The average molecular weight is 348 g/mol. The highest BCUT2D eigenvalue weighted by atomic mass is 16.1. The third-order valence-electron chi connectivity index (χ3n) is 4.72. The zero-order chi connectivity index (χ0) is 19.0. The van der Waals surface area contributed by atoms with Crippen LogP contribution in [0.2, 0.25) is 0 Å². The normalized spacial score (nSPS) is 12.0. The van der Waals surface area contributed by atoms with Gasteiger partial charge in [-0.1, -0.05) is 19.1 Å². The summed E-state index contributed by atoms with van der Waals surface area (Å²) in [6, 6.07) is 9.49. The predicted octanol–water partition coefficient (Wildman–Crippen LogP) is 3.77. The summed E-state index contributed by atoms with van der Waals surface area (Å²) < 4.78 is 0. The molecule has 1 aromatic rings. The first-order valence-electron chi connectivity index (χ1n) is 9.63. The van der Waals surface area contributed by atoms with Crippen molar-refractivity contribution in [2.75, 3.05) is 19.6 Å². The molecule has 1 N–H and O–H groups in total. The van der Waals surface area contributed by atoms with E-state index < -0.39 is 0 Å². The van der Waals surface area contributed by atoms with Crippen molar-refractivity contribution in [3.8, 4) is 0 Å². The highest BCUT2D eigenvalue weighted by Crippen LogP contribution is 2.10. The van der Waals surface area contributed by atoms with Crippen molar-refractivity contribution in [3.05, 3.63) is 35.4 Å². The Morgan fingerprint density at radius 2 is 1.52 bits per heavy atom. The molecule has 0 heterocycles. The van der Waals surface area contributed by atoms with Gasteiger partial charge in [0.25, 0.3) is 5.91 Å². The van der Waals surface area contributed by atoms with Crippen LogP contribution >= 0.6 is 0 Å². The van der Waals surface area contributed by atoms with Crippen LogP contribution in [-0.2, 0) is 6.54 Å². The van der Waals surface area contributed by atoms with Crippen molar-refractivity contribution >= 4 is 5.91 Å². The number of hydrogen-bond donors (Lipinski definition) is 1. The predicted molar refractivity (Wildman–Crippen MR) is 107 cm³/mol. The molecule has 0 aliphatic rings. The smallest absolute Gasteiger partial charge is 0.251 e. The minimum atomic E-state index is 0.00946. The maximum absolute atomic E-state index is 12.3. The summed E-state index contributed by atoms with van der Waals surface area (Å²) >= 11 is 0. The molecule has 142 valence electrons. The Labute approximate surface area is 154 Å². The summed E-state index contributed by atoms with van der Waals surface area (Å²) in [6.45, 7) is 18.9. The first-order chi connectivity index (χ1) is 11.8. The summed E-state index contributed by atoms with van der Waals surface area (Å²) in [5.74, 6) is 0.00946. The number of benzene rings is 1. The Kier molecular flexibility index (Phi) is 9.15. The van der Waals surface area contributed by atoms with Crippen LogP contribution in [0.15, 0.2) is 24.3 Å². The van der Waals surface area contributed by atoms with Crippen LogP contribution < -0.4 is 5.32 Å². The lowest BCUT2D eigenvalue weighted by atomic mass is 10.1. The van der Waals surface area contributed by atoms with E-state index in [1.54, 1.807) is 0 Å². The van der Waals surface area contributed by atoms with Gasteiger partial charge in [0.15, 0.2) is 0 Å². The molecule has 0 saturated carbocycles. The van der Waals surface area contributed by atoms with Crippen LogP contribution in [0.1, 0.15) is 64.4 Å². The lowest BCUT2D eigenvalue weighted by molar-refractivity contribution is 0.0939. The van der Waals surface area contributed by atoms with E-state index in [1.807, 2.05) is 12.1 Å². The zero-order valence-corrected chi connectivity index (χ0v) is 17.2. The molecule has 4 nitrogen and oxygen atoms in total. The molecule has 0 spiro atoms. The van der Waals surface area contributed by atoms with Crippen molar-refractivity contribution in [1.82, 2.24) is 15.1 Å². The quantitative estimate of drug-likeness (QED) is 0.700. The van der Waals surface area contributed by atoms with Gasteiger partial charge in [0, 0.05) is 43.3 Å². The van der Waals surface area contributed by atoms with Gasteiger partial charge in [-0.15, -0.1) is 0 Å². The number of rotatable bonds is 10. The summed E-state index contributed by atoms with van der Waals surface area (Å²) in [7, 11) is 0. The van der Waals surface area contributed by atoms with Crippen LogP contribution in [0.25, 0.3) is 0 Å². The molecule has 25 heavy (non-hydrogen) atoms. The lowest BCUT2D eigenvalue weighted by Crippen LogP contribution is -2.42. The van der Waals surface area contributed by atoms with Crippen LogP contribution in [0.5, 0.6) is 0 Å². The standard InChI is InChI=1S/C21H37N3O/c1-8-23(16(2)3)15-19-9-11-20(12-10-19)21(25)22-13-14-24(17(4)5)18(6)7/h9-12,16-18H,8,13-15H2,1-7H3,(H,22,25). The maximum Gasteiger partial charge on any atom is 0.251 e. The molecule has 0 aliphatic heterocycles. The minimum Gasteiger partial charge on any atom is -0.351 e. The Morgan fingerprint density at radius 1 is 0.960 bits per heavy atom. The number of carbonyl (C=O) groups is 1. The topological polar surface area (TPSA) is 35.6 Å². The highest BCUT2D eigenvalue weighted by molar-refractivity contribution is 5.94. The number of nitrogens with one attached hydrogen (secondary N) is 1. The van der Waals surface area contributed by atoms with Gasteiger partial charge in [-0.05, 0) is 65.8 Å². The number of amides is 1. The molecule has 0 unspecified atom stereocenters. The van der Waals surface area contributed by atoms with Crippen molar-refractivity contribution < 1.29 is 4.79 Å². The van der Waals surface area contributed by atoms with E-state index in [2.05, 4.69) is 75.7 Å². The fourth-order valence-corrected chi connectivity index (χ4v) is 3.17. The minimum absolute atomic E-state index is 0.00946. The second-order valence-electron chi connectivity index (χ2n) is 7.53. The molecule has 0 saturated heterocycles. The lowest BCUT2D eigenvalue weighted by Gasteiger charge is -2.30. The third-order valence-corrected chi connectivity index (χ3v) is 4.72. The van der Waals surface area contributed by atoms with E-state index in [1.165, 1.54) is 5.56 Å². The SMILES string of the molecule is CCN(Cc1ccc(C(=O)NCCN(C(C)C)C(C)C)cc1)C(C)C. The largest absolute Gasteiger partial charge is 0.351 e. The second-order valence-corrected chi connectivity index (χ2v) is 7.53. The average Bonchev–Trinajstić information content (AvgIpc) is 2.55. The van der Waals surface area contributed by atoms with E-state index >= 15 is 0 Å². The molecular formula is C21H37N3O. The first kappa shape index (κ1) is 21.7. The summed E-state index contributed by atoms with van der Waals surface area (Å²) in [4.78, 5) is 17.1. The number of hydrogen-bond acceptors (Lipinski definition) is 3. The maximum atomic E-state index is 12.3. The fraction of sp³-hybridized carbons (Fsp3) is 0.667. The van der Waals surface area contributed by atoms with E-state index in [0.29, 0.717) is 24.7 Å². The molecule has 0 radical (unpaired) electrons. The van der Waals surface area contributed by atoms with Gasteiger partial charge in [0.1, 0.15) is 0 Å².